The Labute approximate surface area is 146 Å². The van der Waals surface area contributed by atoms with Gasteiger partial charge >= 0.3 is 5.69 Å². The van der Waals surface area contributed by atoms with E-state index in [-0.39, 0.29) is 22.5 Å². The summed E-state index contributed by atoms with van der Waals surface area (Å²) in [6.45, 7) is 3.20. The highest BCUT2D eigenvalue weighted by molar-refractivity contribution is 6.01. The molecule has 9 heteroatoms. The van der Waals surface area contributed by atoms with Crippen molar-refractivity contribution in [1.29, 1.82) is 0 Å². The van der Waals surface area contributed by atoms with Crippen LogP contribution in [-0.4, -0.2) is 30.1 Å². The molecule has 3 rings (SSSR count). The highest BCUT2D eigenvalue weighted by Crippen LogP contribution is 2.18. The van der Waals surface area contributed by atoms with E-state index in [2.05, 4.69) is 9.98 Å². The number of para-hydroxylation sites is 1. The third kappa shape index (κ3) is 2.79. The van der Waals surface area contributed by atoms with Crippen LogP contribution in [0, 0.1) is 6.92 Å². The standard InChI is InChI=1S/C17H17N5O4/c1-9(12-14(23)19-17(26)20-15(12)24)18-13-10(2)21(3)22(16(13)25)11-7-5-4-6-8-11/h4-8H,1-3H3,(H3,19,20,23,24,26). The van der Waals surface area contributed by atoms with Crippen LogP contribution in [-0.2, 0) is 7.05 Å². The zero-order valence-corrected chi connectivity index (χ0v) is 14.4. The van der Waals surface area contributed by atoms with Crippen LogP contribution in [0.4, 0.5) is 5.69 Å². The number of hydrogen-bond acceptors (Lipinski definition) is 5. The number of H-pyrrole nitrogens is 2. The molecule has 9 nitrogen and oxygen atoms in total. The van der Waals surface area contributed by atoms with Crippen molar-refractivity contribution in [2.75, 3.05) is 0 Å². The molecule has 3 N–H and O–H groups in total. The van der Waals surface area contributed by atoms with E-state index >= 15 is 0 Å². The predicted molar refractivity (Wildman–Crippen MR) is 97.0 cm³/mol. The molecule has 0 amide bonds. The van der Waals surface area contributed by atoms with Crippen LogP contribution in [0.2, 0.25) is 0 Å². The molecular formula is C17H17N5O4. The molecule has 2 heterocycles. The van der Waals surface area contributed by atoms with Gasteiger partial charge in [0.25, 0.3) is 11.1 Å². The minimum atomic E-state index is -0.827. The first-order valence-corrected chi connectivity index (χ1v) is 7.76. The molecule has 26 heavy (non-hydrogen) atoms. The van der Waals surface area contributed by atoms with E-state index < -0.39 is 17.1 Å². The van der Waals surface area contributed by atoms with Crippen LogP contribution in [0.1, 0.15) is 18.2 Å². The minimum absolute atomic E-state index is 0.103. The molecule has 0 aliphatic rings. The molecule has 0 saturated heterocycles. The average molecular weight is 355 g/mol. The Morgan fingerprint density at radius 2 is 1.77 bits per heavy atom. The molecule has 2 aromatic heterocycles. The fourth-order valence-electron chi connectivity index (χ4n) is 2.72. The van der Waals surface area contributed by atoms with Gasteiger partial charge in [0, 0.05) is 7.05 Å². The summed E-state index contributed by atoms with van der Waals surface area (Å²) in [6, 6.07) is 9.06. The van der Waals surface area contributed by atoms with E-state index in [4.69, 9.17) is 0 Å². The number of hydrogen-bond donors (Lipinski definition) is 3. The molecule has 1 aromatic carbocycles. The molecule has 134 valence electrons. The van der Waals surface area contributed by atoms with Gasteiger partial charge in [0.15, 0.2) is 5.69 Å². The van der Waals surface area contributed by atoms with E-state index in [0.29, 0.717) is 11.4 Å². The maximum absolute atomic E-state index is 12.8. The second-order valence-electron chi connectivity index (χ2n) is 5.74. The van der Waals surface area contributed by atoms with Crippen molar-refractivity contribution in [3.8, 4) is 11.6 Å². The van der Waals surface area contributed by atoms with Gasteiger partial charge in [-0.15, -0.1) is 0 Å². The van der Waals surface area contributed by atoms with Crippen LogP contribution in [0.3, 0.4) is 0 Å². The first-order chi connectivity index (χ1) is 12.3. The molecule has 0 spiro atoms. The smallest absolute Gasteiger partial charge is 0.328 e. The Kier molecular flexibility index (Phi) is 4.21. The first-order valence-electron chi connectivity index (χ1n) is 7.76. The minimum Gasteiger partial charge on any atom is -0.494 e. The van der Waals surface area contributed by atoms with E-state index in [9.17, 15) is 19.5 Å². The van der Waals surface area contributed by atoms with Crippen LogP contribution < -0.4 is 16.8 Å². The number of aromatic hydroxyl groups is 1. The molecule has 0 aliphatic carbocycles. The summed E-state index contributed by atoms with van der Waals surface area (Å²) in [6.07, 6.45) is 0. The fourth-order valence-corrected chi connectivity index (χ4v) is 2.72. The summed E-state index contributed by atoms with van der Waals surface area (Å²) in [5.41, 5.74) is -0.680. The van der Waals surface area contributed by atoms with Crippen molar-refractivity contribution in [1.82, 2.24) is 19.3 Å². The molecular weight excluding hydrogens is 338 g/mol. The highest BCUT2D eigenvalue weighted by Gasteiger charge is 2.18. The monoisotopic (exact) mass is 355 g/mol. The van der Waals surface area contributed by atoms with Gasteiger partial charge in [-0.1, -0.05) is 18.2 Å². The topological polar surface area (TPSA) is 125 Å². The molecule has 0 saturated carbocycles. The number of aromatic amines is 2. The molecule has 0 radical (unpaired) electrons. The fraction of sp³-hybridized carbons (Fsp3) is 0.176. The zero-order chi connectivity index (χ0) is 19.0. The Morgan fingerprint density at radius 3 is 2.38 bits per heavy atom. The molecule has 3 aromatic rings. The van der Waals surface area contributed by atoms with Gasteiger partial charge < -0.3 is 5.11 Å². The van der Waals surface area contributed by atoms with Crippen LogP contribution in [0.25, 0.3) is 5.69 Å². The van der Waals surface area contributed by atoms with E-state index in [1.54, 1.807) is 30.8 Å². The molecule has 0 fully saturated rings. The van der Waals surface area contributed by atoms with Crippen molar-refractivity contribution in [3.63, 3.8) is 0 Å². The lowest BCUT2D eigenvalue weighted by Crippen LogP contribution is -2.27. The number of nitrogens with zero attached hydrogens (tertiary/aromatic N) is 3. The lowest BCUT2D eigenvalue weighted by atomic mass is 10.2. The third-order valence-electron chi connectivity index (χ3n) is 4.09. The molecule has 0 aliphatic heterocycles. The van der Waals surface area contributed by atoms with E-state index in [0.717, 1.165) is 0 Å². The van der Waals surface area contributed by atoms with Gasteiger partial charge in [-0.3, -0.25) is 24.2 Å². The largest absolute Gasteiger partial charge is 0.494 e. The van der Waals surface area contributed by atoms with E-state index in [1.807, 2.05) is 23.2 Å². The number of rotatable bonds is 3. The molecule has 0 bridgehead atoms. The van der Waals surface area contributed by atoms with Gasteiger partial charge in [0.05, 0.1) is 17.1 Å². The lowest BCUT2D eigenvalue weighted by Gasteiger charge is -2.07. The first kappa shape index (κ1) is 17.2. The van der Waals surface area contributed by atoms with Gasteiger partial charge in [-0.2, -0.15) is 0 Å². The number of benzene rings is 1. The Bertz CT molecular complexity index is 1180. The number of aliphatic imine (C=N–C) groups is 1. The quantitative estimate of drug-likeness (QED) is 0.598. The van der Waals surface area contributed by atoms with Crippen molar-refractivity contribution in [2.45, 2.75) is 13.8 Å². The zero-order valence-electron chi connectivity index (χ0n) is 14.4. The van der Waals surface area contributed by atoms with Crippen molar-refractivity contribution in [3.05, 3.63) is 72.8 Å². The van der Waals surface area contributed by atoms with Crippen LogP contribution in [0.15, 0.2) is 49.7 Å². The summed E-state index contributed by atoms with van der Waals surface area (Å²) in [4.78, 5) is 44.3. The second kappa shape index (κ2) is 6.36. The second-order valence-corrected chi connectivity index (χ2v) is 5.74. The molecule has 0 atom stereocenters. The van der Waals surface area contributed by atoms with Gasteiger partial charge in [0.1, 0.15) is 5.56 Å². The number of aromatic nitrogens is 4. The Hall–Kier alpha value is -3.62. The Balaban J connectivity index is 2.21. The van der Waals surface area contributed by atoms with Crippen LogP contribution >= 0.6 is 0 Å². The van der Waals surface area contributed by atoms with Gasteiger partial charge in [-0.25, -0.2) is 14.5 Å². The Morgan fingerprint density at radius 1 is 1.12 bits per heavy atom. The number of nitrogens with one attached hydrogen (secondary N) is 2. The summed E-state index contributed by atoms with van der Waals surface area (Å²) in [5.74, 6) is -0.600. The molecule has 0 unspecified atom stereocenters. The van der Waals surface area contributed by atoms with Gasteiger partial charge in [0.2, 0.25) is 5.88 Å². The highest BCUT2D eigenvalue weighted by atomic mass is 16.3. The summed E-state index contributed by atoms with van der Waals surface area (Å²) >= 11 is 0. The maximum atomic E-state index is 12.8. The summed E-state index contributed by atoms with van der Waals surface area (Å²) in [5, 5.41) is 9.85. The third-order valence-corrected chi connectivity index (χ3v) is 4.09. The van der Waals surface area contributed by atoms with Crippen molar-refractivity contribution >= 4 is 11.4 Å². The van der Waals surface area contributed by atoms with Crippen molar-refractivity contribution < 1.29 is 5.11 Å². The maximum Gasteiger partial charge on any atom is 0.328 e. The lowest BCUT2D eigenvalue weighted by molar-refractivity contribution is 0.447. The SMILES string of the molecule is CC(=Nc1c(C)n(C)n(-c2ccccc2)c1=O)c1c(O)[nH]c(=O)[nH]c1=O. The summed E-state index contributed by atoms with van der Waals surface area (Å²) in [7, 11) is 1.72. The van der Waals surface area contributed by atoms with Crippen molar-refractivity contribution in [2.24, 2.45) is 12.0 Å². The average Bonchev–Trinajstić information content (AvgIpc) is 2.78. The van der Waals surface area contributed by atoms with E-state index in [1.165, 1.54) is 11.6 Å². The predicted octanol–water partition coefficient (Wildman–Crippen LogP) is 0.707. The summed E-state index contributed by atoms with van der Waals surface area (Å²) < 4.78 is 3.11. The van der Waals surface area contributed by atoms with Gasteiger partial charge in [-0.05, 0) is 26.0 Å². The normalized spacial score (nSPS) is 11.7. The van der Waals surface area contributed by atoms with Crippen LogP contribution in [0.5, 0.6) is 5.88 Å².